The highest BCUT2D eigenvalue weighted by Crippen LogP contribution is 2.13. The monoisotopic (exact) mass is 273 g/mol. The van der Waals surface area contributed by atoms with Crippen LogP contribution in [0.1, 0.15) is 11.3 Å². The van der Waals surface area contributed by atoms with E-state index in [0.29, 0.717) is 19.2 Å². The van der Waals surface area contributed by atoms with Gasteiger partial charge in [-0.25, -0.2) is 0 Å². The molecule has 1 atom stereocenters. The van der Waals surface area contributed by atoms with Gasteiger partial charge in [-0.15, -0.1) is 0 Å². The lowest BCUT2D eigenvalue weighted by Crippen LogP contribution is -2.03. The minimum absolute atomic E-state index is 0.365. The van der Waals surface area contributed by atoms with Gasteiger partial charge in [-0.2, -0.15) is 0 Å². The predicted octanol–water partition coefficient (Wildman–Crippen LogP) is 2.55. The molecule has 2 aromatic rings. The second kappa shape index (κ2) is 7.50. The van der Waals surface area contributed by atoms with Crippen LogP contribution in [0.5, 0.6) is 0 Å². The number of benzene rings is 1. The minimum Gasteiger partial charge on any atom is -0.463 e. The molecular weight excluding hydrogens is 254 g/mol. The number of epoxide rings is 1. The third-order valence-electron chi connectivity index (χ3n) is 3.02. The summed E-state index contributed by atoms with van der Waals surface area (Å²) in [4.78, 5) is 9.76. The van der Waals surface area contributed by atoms with Gasteiger partial charge in [0.1, 0.15) is 6.61 Å². The van der Waals surface area contributed by atoms with Crippen LogP contribution < -0.4 is 0 Å². The van der Waals surface area contributed by atoms with E-state index in [0.717, 1.165) is 18.7 Å². The number of carbonyl (C=O) groups is 1. The van der Waals surface area contributed by atoms with Crippen LogP contribution in [0, 0.1) is 6.92 Å². The molecule has 1 aliphatic heterocycles. The van der Waals surface area contributed by atoms with Crippen molar-refractivity contribution in [1.29, 1.82) is 0 Å². The van der Waals surface area contributed by atoms with Gasteiger partial charge in [-0.3, -0.25) is 4.79 Å². The topological polar surface area (TPSA) is 43.8 Å². The molecule has 0 amide bonds. The summed E-state index contributed by atoms with van der Waals surface area (Å²) >= 11 is 0. The zero-order valence-electron chi connectivity index (χ0n) is 11.6. The average Bonchev–Trinajstić information content (AvgIpc) is 3.21. The van der Waals surface area contributed by atoms with Gasteiger partial charge in [0.25, 0.3) is 6.47 Å². The van der Waals surface area contributed by atoms with Gasteiger partial charge in [0, 0.05) is 11.9 Å². The Morgan fingerprint density at radius 1 is 1.30 bits per heavy atom. The molecule has 1 saturated heterocycles. The lowest BCUT2D eigenvalue weighted by atomic mass is 10.2. The van der Waals surface area contributed by atoms with E-state index in [9.17, 15) is 4.79 Å². The van der Waals surface area contributed by atoms with E-state index in [-0.39, 0.29) is 0 Å². The lowest BCUT2D eigenvalue weighted by Gasteiger charge is -2.00. The van der Waals surface area contributed by atoms with E-state index in [1.165, 1.54) is 5.69 Å². The maximum absolute atomic E-state index is 9.76. The third-order valence-corrected chi connectivity index (χ3v) is 3.02. The van der Waals surface area contributed by atoms with Crippen LogP contribution in [0.15, 0.2) is 48.7 Å². The largest absolute Gasteiger partial charge is 0.463 e. The van der Waals surface area contributed by atoms with Crippen molar-refractivity contribution < 1.29 is 14.3 Å². The number of nitrogens with zero attached hydrogens (tertiary/aromatic N) is 1. The maximum Gasteiger partial charge on any atom is 0.293 e. The summed E-state index contributed by atoms with van der Waals surface area (Å²) in [5.74, 6) is 0. The van der Waals surface area contributed by atoms with Crippen molar-refractivity contribution in [3.63, 3.8) is 0 Å². The van der Waals surface area contributed by atoms with Crippen molar-refractivity contribution >= 4 is 6.47 Å². The van der Waals surface area contributed by atoms with E-state index >= 15 is 0 Å². The Hall–Kier alpha value is -2.07. The summed E-state index contributed by atoms with van der Waals surface area (Å²) in [6.45, 7) is 4.90. The van der Waals surface area contributed by atoms with Crippen LogP contribution in [0.3, 0.4) is 0 Å². The first-order valence-electron chi connectivity index (χ1n) is 6.62. The smallest absolute Gasteiger partial charge is 0.293 e. The van der Waals surface area contributed by atoms with Crippen LogP contribution in [0.25, 0.3) is 0 Å². The van der Waals surface area contributed by atoms with Gasteiger partial charge >= 0.3 is 0 Å². The second-order valence-corrected chi connectivity index (χ2v) is 4.65. The molecule has 3 rings (SSSR count). The molecule has 1 fully saturated rings. The minimum atomic E-state index is 0.365. The van der Waals surface area contributed by atoms with Crippen LogP contribution in [0.4, 0.5) is 0 Å². The number of hydrogen-bond donors (Lipinski definition) is 0. The fourth-order valence-electron chi connectivity index (χ4n) is 1.80. The Balaban J connectivity index is 0.000000147. The van der Waals surface area contributed by atoms with Crippen molar-refractivity contribution in [3.8, 4) is 0 Å². The van der Waals surface area contributed by atoms with Gasteiger partial charge in [0.05, 0.1) is 19.3 Å². The van der Waals surface area contributed by atoms with Crippen molar-refractivity contribution in [1.82, 2.24) is 4.57 Å². The third kappa shape index (κ3) is 4.90. The van der Waals surface area contributed by atoms with Crippen LogP contribution >= 0.6 is 0 Å². The molecule has 1 aromatic carbocycles. The highest BCUT2D eigenvalue weighted by Gasteiger charge is 2.22. The summed E-state index contributed by atoms with van der Waals surface area (Å²) in [7, 11) is 0. The fraction of sp³-hybridized carbons (Fsp3) is 0.312. The number of aromatic nitrogens is 1. The van der Waals surface area contributed by atoms with E-state index in [4.69, 9.17) is 4.74 Å². The molecule has 0 radical (unpaired) electrons. The summed E-state index contributed by atoms with van der Waals surface area (Å²) < 4.78 is 11.9. The Bertz CT molecular complexity index is 518. The molecule has 0 spiro atoms. The first-order chi connectivity index (χ1) is 9.79. The number of hydrogen-bond acceptors (Lipinski definition) is 3. The van der Waals surface area contributed by atoms with Crippen LogP contribution in [-0.2, 0) is 27.4 Å². The molecule has 106 valence electrons. The first-order valence-corrected chi connectivity index (χ1v) is 6.62. The predicted molar refractivity (Wildman–Crippen MR) is 76.2 cm³/mol. The van der Waals surface area contributed by atoms with Gasteiger partial charge in [-0.1, -0.05) is 30.3 Å². The summed E-state index contributed by atoms with van der Waals surface area (Å²) in [6.07, 6.45) is 2.59. The van der Waals surface area contributed by atoms with E-state index in [1.807, 2.05) is 30.3 Å². The Morgan fingerprint density at radius 2 is 2.05 bits per heavy atom. The molecule has 1 unspecified atom stereocenters. The molecule has 0 N–H and O–H groups in total. The van der Waals surface area contributed by atoms with Crippen molar-refractivity contribution in [2.24, 2.45) is 0 Å². The molecule has 2 heterocycles. The van der Waals surface area contributed by atoms with Crippen molar-refractivity contribution in [2.45, 2.75) is 26.2 Å². The highest BCUT2D eigenvalue weighted by molar-refractivity contribution is 5.37. The zero-order chi connectivity index (χ0) is 14.2. The Labute approximate surface area is 118 Å². The normalized spacial score (nSPS) is 15.9. The van der Waals surface area contributed by atoms with Gasteiger partial charge in [-0.05, 0) is 24.6 Å². The summed E-state index contributed by atoms with van der Waals surface area (Å²) in [5, 5.41) is 0. The molecule has 4 heteroatoms. The molecule has 0 saturated carbocycles. The van der Waals surface area contributed by atoms with Crippen LogP contribution in [0.2, 0.25) is 0 Å². The molecule has 0 aliphatic carbocycles. The highest BCUT2D eigenvalue weighted by atomic mass is 16.6. The second-order valence-electron chi connectivity index (χ2n) is 4.65. The number of ether oxygens (including phenoxy) is 2. The van der Waals surface area contributed by atoms with E-state index in [1.54, 1.807) is 0 Å². The van der Waals surface area contributed by atoms with Gasteiger partial charge in [0.2, 0.25) is 0 Å². The molecule has 1 aromatic heterocycles. The number of carbonyl (C=O) groups excluding carboxylic acids is 1. The Kier molecular flexibility index (Phi) is 5.38. The van der Waals surface area contributed by atoms with Crippen molar-refractivity contribution in [2.75, 3.05) is 6.61 Å². The summed E-state index contributed by atoms with van der Waals surface area (Å²) in [6, 6.07) is 13.7. The quantitative estimate of drug-likeness (QED) is 0.621. The number of aryl methyl sites for hydroxylation is 1. The average molecular weight is 273 g/mol. The fourth-order valence-corrected chi connectivity index (χ4v) is 1.80. The van der Waals surface area contributed by atoms with E-state index in [2.05, 4.69) is 34.6 Å². The lowest BCUT2D eigenvalue weighted by molar-refractivity contribution is -0.129. The van der Waals surface area contributed by atoms with E-state index < -0.39 is 0 Å². The first kappa shape index (κ1) is 14.3. The van der Waals surface area contributed by atoms with Crippen molar-refractivity contribution in [3.05, 3.63) is 59.9 Å². The molecule has 4 nitrogen and oxygen atoms in total. The SMILES string of the molecule is Cc1cccn1CC1CO1.O=COCc1ccccc1. The molecule has 20 heavy (non-hydrogen) atoms. The standard InChI is InChI=1S/C8H11NO.C8H8O2/c1-7-3-2-4-9(7)5-8-6-10-8;9-7-10-6-8-4-2-1-3-5-8/h2-4,8H,5-6H2,1H3;1-5,7H,6H2. The molecular formula is C16H19NO3. The van der Waals surface area contributed by atoms with Crippen LogP contribution in [-0.4, -0.2) is 23.8 Å². The number of rotatable bonds is 5. The molecule has 0 bridgehead atoms. The molecule has 1 aliphatic rings. The van der Waals surface area contributed by atoms with Gasteiger partial charge in [0.15, 0.2) is 0 Å². The van der Waals surface area contributed by atoms with Gasteiger partial charge < -0.3 is 14.0 Å². The Morgan fingerprint density at radius 3 is 2.60 bits per heavy atom. The zero-order valence-corrected chi connectivity index (χ0v) is 11.6. The maximum atomic E-state index is 9.76. The summed E-state index contributed by atoms with van der Waals surface area (Å²) in [5.41, 5.74) is 2.32.